The van der Waals surface area contributed by atoms with Gasteiger partial charge in [0.05, 0.1) is 6.54 Å². The van der Waals surface area contributed by atoms with Gasteiger partial charge in [-0.05, 0) is 24.5 Å². The minimum absolute atomic E-state index is 0.180. The van der Waals surface area contributed by atoms with Gasteiger partial charge in [0.2, 0.25) is 0 Å². The molecule has 2 rings (SSSR count). The van der Waals surface area contributed by atoms with E-state index in [1.165, 1.54) is 5.56 Å². The Balaban J connectivity index is 2.17. The number of rotatable bonds is 6. The molecule has 5 heteroatoms. The number of hydrogen-bond donors (Lipinski definition) is 1. The summed E-state index contributed by atoms with van der Waals surface area (Å²) in [4.78, 5) is 11.0. The van der Waals surface area contributed by atoms with Crippen LogP contribution in [-0.2, 0) is 20.0 Å². The molecule has 0 aliphatic carbocycles. The molecule has 0 spiro atoms. The highest BCUT2D eigenvalue weighted by atomic mass is 15.2. The van der Waals surface area contributed by atoms with E-state index in [0.717, 1.165) is 31.0 Å². The van der Waals surface area contributed by atoms with Gasteiger partial charge in [-0.2, -0.15) is 0 Å². The lowest BCUT2D eigenvalue weighted by atomic mass is 10.1. The molecule has 2 aromatic rings. The SMILES string of the molecule is CCC(N)Cc1cccnc1N(C)Cc1nccn1C. The average molecular weight is 273 g/mol. The molecule has 2 N–H and O–H groups in total. The van der Waals surface area contributed by atoms with Gasteiger partial charge in [-0.3, -0.25) is 0 Å². The third-order valence-electron chi connectivity index (χ3n) is 3.54. The highest BCUT2D eigenvalue weighted by Crippen LogP contribution is 2.19. The summed E-state index contributed by atoms with van der Waals surface area (Å²) in [5.41, 5.74) is 7.26. The zero-order valence-electron chi connectivity index (χ0n) is 12.5. The quantitative estimate of drug-likeness (QED) is 0.871. The van der Waals surface area contributed by atoms with Crippen molar-refractivity contribution in [3.8, 4) is 0 Å². The Labute approximate surface area is 120 Å². The van der Waals surface area contributed by atoms with Gasteiger partial charge < -0.3 is 15.2 Å². The Morgan fingerprint density at radius 3 is 2.80 bits per heavy atom. The molecular formula is C15H23N5. The zero-order valence-corrected chi connectivity index (χ0v) is 12.5. The molecule has 5 nitrogen and oxygen atoms in total. The van der Waals surface area contributed by atoms with Crippen LogP contribution >= 0.6 is 0 Å². The van der Waals surface area contributed by atoms with E-state index in [-0.39, 0.29) is 6.04 Å². The molecule has 0 amide bonds. The molecule has 108 valence electrons. The van der Waals surface area contributed by atoms with Crippen molar-refractivity contribution in [1.29, 1.82) is 0 Å². The Kier molecular flexibility index (Phi) is 4.74. The van der Waals surface area contributed by atoms with Crippen molar-refractivity contribution in [2.24, 2.45) is 12.8 Å². The fourth-order valence-electron chi connectivity index (χ4n) is 2.20. The van der Waals surface area contributed by atoms with E-state index >= 15 is 0 Å². The first kappa shape index (κ1) is 14.5. The predicted octanol–water partition coefficient (Wildman–Crippen LogP) is 1.73. The summed E-state index contributed by atoms with van der Waals surface area (Å²) in [6.07, 6.45) is 7.41. The van der Waals surface area contributed by atoms with Gasteiger partial charge in [0, 0.05) is 38.7 Å². The van der Waals surface area contributed by atoms with Crippen molar-refractivity contribution in [3.63, 3.8) is 0 Å². The summed E-state index contributed by atoms with van der Waals surface area (Å²) in [6, 6.07) is 4.25. The number of pyridine rings is 1. The van der Waals surface area contributed by atoms with Gasteiger partial charge in [-0.25, -0.2) is 9.97 Å². The summed E-state index contributed by atoms with van der Waals surface area (Å²) >= 11 is 0. The van der Waals surface area contributed by atoms with Gasteiger partial charge in [0.1, 0.15) is 11.6 Å². The van der Waals surface area contributed by atoms with Gasteiger partial charge in [0.25, 0.3) is 0 Å². The fraction of sp³-hybridized carbons (Fsp3) is 0.467. The minimum Gasteiger partial charge on any atom is -0.352 e. The van der Waals surface area contributed by atoms with Crippen molar-refractivity contribution in [3.05, 3.63) is 42.1 Å². The van der Waals surface area contributed by atoms with Crippen LogP contribution in [0.25, 0.3) is 0 Å². The molecule has 0 aliphatic heterocycles. The first-order valence-corrected chi connectivity index (χ1v) is 6.98. The van der Waals surface area contributed by atoms with E-state index in [9.17, 15) is 0 Å². The van der Waals surface area contributed by atoms with Crippen LogP contribution in [0.4, 0.5) is 5.82 Å². The van der Waals surface area contributed by atoms with Crippen LogP contribution in [0.3, 0.4) is 0 Å². The Bertz CT molecular complexity index is 549. The summed E-state index contributed by atoms with van der Waals surface area (Å²) in [5.74, 6) is 2.00. The highest BCUT2D eigenvalue weighted by molar-refractivity contribution is 5.46. The van der Waals surface area contributed by atoms with Crippen LogP contribution in [0.5, 0.6) is 0 Å². The fourth-order valence-corrected chi connectivity index (χ4v) is 2.20. The number of anilines is 1. The van der Waals surface area contributed by atoms with Crippen molar-refractivity contribution in [1.82, 2.24) is 14.5 Å². The molecule has 0 aliphatic rings. The molecule has 0 saturated heterocycles. The second-order valence-corrected chi connectivity index (χ2v) is 5.17. The van der Waals surface area contributed by atoms with Gasteiger partial charge in [0.15, 0.2) is 0 Å². The van der Waals surface area contributed by atoms with E-state index in [1.807, 2.05) is 43.3 Å². The average Bonchev–Trinajstić information content (AvgIpc) is 2.84. The molecule has 2 heterocycles. The first-order chi connectivity index (χ1) is 9.61. The number of aromatic nitrogens is 3. The third kappa shape index (κ3) is 3.36. The van der Waals surface area contributed by atoms with Crippen LogP contribution in [0.2, 0.25) is 0 Å². The van der Waals surface area contributed by atoms with Crippen molar-refractivity contribution < 1.29 is 0 Å². The molecular weight excluding hydrogens is 250 g/mol. The van der Waals surface area contributed by atoms with Crippen molar-refractivity contribution in [2.75, 3.05) is 11.9 Å². The summed E-state index contributed by atoms with van der Waals surface area (Å²) in [5, 5.41) is 0. The number of nitrogens with zero attached hydrogens (tertiary/aromatic N) is 4. The summed E-state index contributed by atoms with van der Waals surface area (Å²) < 4.78 is 2.02. The Hall–Kier alpha value is -1.88. The van der Waals surface area contributed by atoms with Crippen LogP contribution in [0, 0.1) is 0 Å². The van der Waals surface area contributed by atoms with Crippen molar-refractivity contribution >= 4 is 5.82 Å². The second kappa shape index (κ2) is 6.52. The third-order valence-corrected chi connectivity index (χ3v) is 3.54. The normalized spacial score (nSPS) is 12.4. The summed E-state index contributed by atoms with van der Waals surface area (Å²) in [7, 11) is 4.04. The maximum Gasteiger partial charge on any atom is 0.131 e. The monoisotopic (exact) mass is 273 g/mol. The largest absolute Gasteiger partial charge is 0.352 e. The van der Waals surface area contributed by atoms with E-state index in [0.29, 0.717) is 0 Å². The van der Waals surface area contributed by atoms with E-state index in [4.69, 9.17) is 5.73 Å². The second-order valence-electron chi connectivity index (χ2n) is 5.17. The lowest BCUT2D eigenvalue weighted by Gasteiger charge is -2.22. The molecule has 0 fully saturated rings. The number of imidazole rings is 1. The molecule has 0 bridgehead atoms. The molecule has 0 saturated carbocycles. The standard InChI is InChI=1S/C15H23N5/c1-4-13(16)10-12-6-5-7-18-15(12)20(3)11-14-17-8-9-19(14)2/h5-9,13H,4,10-11,16H2,1-3H3. The van der Waals surface area contributed by atoms with E-state index < -0.39 is 0 Å². The maximum atomic E-state index is 6.07. The number of nitrogens with two attached hydrogens (primary N) is 1. The lowest BCUT2D eigenvalue weighted by Crippen LogP contribution is -2.25. The molecule has 2 aromatic heterocycles. The zero-order chi connectivity index (χ0) is 14.5. The van der Waals surface area contributed by atoms with Gasteiger partial charge >= 0.3 is 0 Å². The smallest absolute Gasteiger partial charge is 0.131 e. The Morgan fingerprint density at radius 1 is 1.35 bits per heavy atom. The van der Waals surface area contributed by atoms with E-state index in [2.05, 4.69) is 27.9 Å². The van der Waals surface area contributed by atoms with Crippen LogP contribution in [0.15, 0.2) is 30.7 Å². The van der Waals surface area contributed by atoms with Gasteiger partial charge in [-0.1, -0.05) is 13.0 Å². The van der Waals surface area contributed by atoms with E-state index in [1.54, 1.807) is 0 Å². The topological polar surface area (TPSA) is 60.0 Å². The number of hydrogen-bond acceptors (Lipinski definition) is 4. The summed E-state index contributed by atoms with van der Waals surface area (Å²) in [6.45, 7) is 2.84. The maximum absolute atomic E-state index is 6.07. The van der Waals surface area contributed by atoms with Crippen LogP contribution < -0.4 is 10.6 Å². The molecule has 1 atom stereocenters. The van der Waals surface area contributed by atoms with Crippen molar-refractivity contribution in [2.45, 2.75) is 32.4 Å². The highest BCUT2D eigenvalue weighted by Gasteiger charge is 2.13. The van der Waals surface area contributed by atoms with Gasteiger partial charge in [-0.15, -0.1) is 0 Å². The lowest BCUT2D eigenvalue weighted by molar-refractivity contribution is 0.642. The first-order valence-electron chi connectivity index (χ1n) is 6.98. The minimum atomic E-state index is 0.180. The molecule has 20 heavy (non-hydrogen) atoms. The molecule has 0 radical (unpaired) electrons. The van der Waals surface area contributed by atoms with Crippen LogP contribution in [0.1, 0.15) is 24.7 Å². The molecule has 1 unspecified atom stereocenters. The number of aryl methyl sites for hydroxylation is 1. The predicted molar refractivity (Wildman–Crippen MR) is 81.5 cm³/mol. The van der Waals surface area contributed by atoms with Crippen LogP contribution in [-0.4, -0.2) is 27.6 Å². The Morgan fingerprint density at radius 2 is 2.15 bits per heavy atom. The molecule has 0 aromatic carbocycles.